The molecule has 0 atom stereocenters. The molecule has 0 spiro atoms. The first-order valence-electron chi connectivity index (χ1n) is 6.39. The van der Waals surface area contributed by atoms with Crippen LogP contribution >= 0.6 is 0 Å². The summed E-state index contributed by atoms with van der Waals surface area (Å²) in [7, 11) is 0. The van der Waals surface area contributed by atoms with Gasteiger partial charge in [-0.15, -0.1) is 5.10 Å². The minimum atomic E-state index is -0.462. The quantitative estimate of drug-likeness (QED) is 0.615. The number of hydrogen-bond acceptors (Lipinski definition) is 6. The summed E-state index contributed by atoms with van der Waals surface area (Å²) in [6.45, 7) is 8.16. The maximum atomic E-state index is 11.7. The monoisotopic (exact) mass is 268 g/mol. The van der Waals surface area contributed by atoms with E-state index in [-0.39, 0.29) is 17.9 Å². The summed E-state index contributed by atoms with van der Waals surface area (Å²) in [5, 5.41) is 10.9. The van der Waals surface area contributed by atoms with Gasteiger partial charge in [-0.25, -0.2) is 9.48 Å². The van der Waals surface area contributed by atoms with E-state index >= 15 is 0 Å². The van der Waals surface area contributed by atoms with Gasteiger partial charge in [-0.2, -0.15) is 0 Å². The minimum absolute atomic E-state index is 0.216. The Balaban J connectivity index is 1.75. The second-order valence-electron chi connectivity index (χ2n) is 5.49. The minimum Gasteiger partial charge on any atom is -0.458 e. The lowest BCUT2D eigenvalue weighted by atomic mass is 10.2. The molecule has 0 bridgehead atoms. The number of ether oxygens (including phenoxy) is 2. The molecule has 0 aliphatic carbocycles. The second-order valence-corrected chi connectivity index (χ2v) is 5.49. The second kappa shape index (κ2) is 5.66. The molecule has 2 heterocycles. The van der Waals surface area contributed by atoms with Crippen LogP contribution in [0.3, 0.4) is 0 Å². The zero-order valence-corrected chi connectivity index (χ0v) is 11.5. The molecule has 1 N–H and O–H groups in total. The van der Waals surface area contributed by atoms with E-state index in [0.717, 1.165) is 13.1 Å². The van der Waals surface area contributed by atoms with E-state index < -0.39 is 5.97 Å². The molecule has 0 radical (unpaired) electrons. The normalized spacial score (nSPS) is 16.2. The summed E-state index contributed by atoms with van der Waals surface area (Å²) in [4.78, 5) is 11.7. The number of carbonyl (C=O) groups excluding carboxylic acids is 1. The van der Waals surface area contributed by atoms with Crippen LogP contribution in [0.4, 0.5) is 0 Å². The highest BCUT2D eigenvalue weighted by Gasteiger charge is 2.22. The van der Waals surface area contributed by atoms with Crippen LogP contribution < -0.4 is 5.32 Å². The third-order valence-corrected chi connectivity index (χ3v) is 2.71. The Kier molecular flexibility index (Phi) is 4.16. The largest absolute Gasteiger partial charge is 0.458 e. The van der Waals surface area contributed by atoms with Crippen molar-refractivity contribution in [3.8, 4) is 0 Å². The fraction of sp³-hybridized carbons (Fsp3) is 0.750. The predicted molar refractivity (Wildman–Crippen MR) is 67.9 cm³/mol. The molecule has 2 rings (SSSR count). The number of rotatable bonds is 5. The van der Waals surface area contributed by atoms with Crippen molar-refractivity contribution >= 4 is 5.97 Å². The highest BCUT2D eigenvalue weighted by Crippen LogP contribution is 2.10. The lowest BCUT2D eigenvalue weighted by molar-refractivity contribution is -0.0283. The summed E-state index contributed by atoms with van der Waals surface area (Å²) in [6.07, 6.45) is 1.62. The number of esters is 1. The molecule has 106 valence electrons. The van der Waals surface area contributed by atoms with E-state index in [2.05, 4.69) is 15.6 Å². The first-order chi connectivity index (χ1) is 8.96. The Bertz CT molecular complexity index is 434. The van der Waals surface area contributed by atoms with E-state index in [1.807, 2.05) is 20.8 Å². The lowest BCUT2D eigenvalue weighted by Crippen LogP contribution is -2.43. The zero-order valence-electron chi connectivity index (χ0n) is 11.5. The van der Waals surface area contributed by atoms with Gasteiger partial charge in [-0.3, -0.25) is 0 Å². The van der Waals surface area contributed by atoms with Crippen molar-refractivity contribution in [2.24, 2.45) is 0 Å². The number of nitrogens with zero attached hydrogens (tertiary/aromatic N) is 3. The summed E-state index contributed by atoms with van der Waals surface area (Å²) >= 11 is 0. The van der Waals surface area contributed by atoms with Gasteiger partial charge in [-0.1, -0.05) is 5.21 Å². The molecule has 1 aliphatic rings. The third kappa shape index (κ3) is 4.00. The highest BCUT2D eigenvalue weighted by molar-refractivity contribution is 5.86. The number of hydrogen-bond donors (Lipinski definition) is 1. The molecule has 1 fully saturated rings. The van der Waals surface area contributed by atoms with Crippen LogP contribution in [-0.2, 0) is 9.47 Å². The van der Waals surface area contributed by atoms with Crippen molar-refractivity contribution in [1.29, 1.82) is 0 Å². The van der Waals surface area contributed by atoms with Gasteiger partial charge in [0.15, 0.2) is 5.69 Å². The van der Waals surface area contributed by atoms with Crippen LogP contribution in [0, 0.1) is 0 Å². The summed E-state index contributed by atoms with van der Waals surface area (Å²) in [6, 6.07) is 0.290. The van der Waals surface area contributed by atoms with Crippen molar-refractivity contribution in [3.05, 3.63) is 11.9 Å². The van der Waals surface area contributed by atoms with Crippen LogP contribution in [0.25, 0.3) is 0 Å². The van der Waals surface area contributed by atoms with Crippen molar-refractivity contribution in [2.75, 3.05) is 26.3 Å². The average Bonchev–Trinajstić information content (AvgIpc) is 2.69. The lowest BCUT2D eigenvalue weighted by Gasteiger charge is -2.26. The van der Waals surface area contributed by atoms with Crippen molar-refractivity contribution in [1.82, 2.24) is 20.3 Å². The van der Waals surface area contributed by atoms with E-state index in [0.29, 0.717) is 12.6 Å². The molecule has 0 aromatic carbocycles. The molecular formula is C12H20N4O3. The van der Waals surface area contributed by atoms with E-state index in [4.69, 9.17) is 9.47 Å². The van der Waals surface area contributed by atoms with Gasteiger partial charge in [0.25, 0.3) is 0 Å². The number of aromatic nitrogens is 3. The van der Waals surface area contributed by atoms with Crippen LogP contribution in [0.15, 0.2) is 6.20 Å². The fourth-order valence-corrected chi connectivity index (χ4v) is 1.57. The fourth-order valence-electron chi connectivity index (χ4n) is 1.57. The number of nitrogens with one attached hydrogen (secondary N) is 1. The topological polar surface area (TPSA) is 78.3 Å². The molecule has 7 heteroatoms. The van der Waals surface area contributed by atoms with Gasteiger partial charge in [0, 0.05) is 13.1 Å². The molecule has 7 nitrogen and oxygen atoms in total. The molecule has 1 saturated heterocycles. The molecular weight excluding hydrogens is 248 g/mol. The molecule has 0 amide bonds. The van der Waals surface area contributed by atoms with Crippen molar-refractivity contribution in [3.63, 3.8) is 0 Å². The zero-order chi connectivity index (χ0) is 13.9. The van der Waals surface area contributed by atoms with Crippen LogP contribution in [-0.4, -0.2) is 52.9 Å². The SMILES string of the molecule is CC(C)(C)OCCOC(=O)c1cn(C2CNC2)nn1. The Labute approximate surface area is 112 Å². The molecule has 1 aromatic rings. The molecule has 0 saturated carbocycles. The van der Waals surface area contributed by atoms with E-state index in [1.165, 1.54) is 0 Å². The van der Waals surface area contributed by atoms with Crippen molar-refractivity contribution < 1.29 is 14.3 Å². The Morgan fingerprint density at radius 3 is 2.79 bits per heavy atom. The van der Waals surface area contributed by atoms with Crippen molar-refractivity contribution in [2.45, 2.75) is 32.4 Å². The summed E-state index contributed by atoms with van der Waals surface area (Å²) in [5.74, 6) is -0.462. The Morgan fingerprint density at radius 1 is 1.47 bits per heavy atom. The Morgan fingerprint density at radius 2 is 2.21 bits per heavy atom. The van der Waals surface area contributed by atoms with E-state index in [9.17, 15) is 4.79 Å². The van der Waals surface area contributed by atoms with E-state index in [1.54, 1.807) is 10.9 Å². The maximum absolute atomic E-state index is 11.7. The van der Waals surface area contributed by atoms with Gasteiger partial charge in [0.05, 0.1) is 24.4 Å². The average molecular weight is 268 g/mol. The van der Waals surface area contributed by atoms with Gasteiger partial charge in [-0.05, 0) is 20.8 Å². The number of carbonyl (C=O) groups is 1. The van der Waals surface area contributed by atoms with Crippen LogP contribution in [0.5, 0.6) is 0 Å². The summed E-state index contributed by atoms with van der Waals surface area (Å²) in [5.41, 5.74) is 0.00917. The standard InChI is InChI=1S/C12H20N4O3/c1-12(2,3)19-5-4-18-11(17)10-8-16(15-14-10)9-6-13-7-9/h8-9,13H,4-7H2,1-3H3. The Hall–Kier alpha value is -1.47. The van der Waals surface area contributed by atoms with Crippen LogP contribution in [0.2, 0.25) is 0 Å². The third-order valence-electron chi connectivity index (χ3n) is 2.71. The molecule has 1 aliphatic heterocycles. The highest BCUT2D eigenvalue weighted by atomic mass is 16.6. The first kappa shape index (κ1) is 14.0. The van der Waals surface area contributed by atoms with Crippen LogP contribution in [0.1, 0.15) is 37.3 Å². The molecule has 0 unspecified atom stereocenters. The van der Waals surface area contributed by atoms with Gasteiger partial charge < -0.3 is 14.8 Å². The molecule has 19 heavy (non-hydrogen) atoms. The summed E-state index contributed by atoms with van der Waals surface area (Å²) < 4.78 is 12.2. The first-order valence-corrected chi connectivity index (χ1v) is 6.39. The molecule has 1 aromatic heterocycles. The maximum Gasteiger partial charge on any atom is 0.360 e. The van der Waals surface area contributed by atoms with Gasteiger partial charge in [0.1, 0.15) is 6.61 Å². The predicted octanol–water partition coefficient (Wildman–Crippen LogP) is 0.394. The van der Waals surface area contributed by atoms with Gasteiger partial charge >= 0.3 is 5.97 Å². The van der Waals surface area contributed by atoms with Gasteiger partial charge in [0.2, 0.25) is 0 Å². The smallest absolute Gasteiger partial charge is 0.360 e.